The summed E-state index contributed by atoms with van der Waals surface area (Å²) in [5, 5.41) is 7.26. The van der Waals surface area contributed by atoms with Crippen LogP contribution in [-0.4, -0.2) is 67.7 Å². The van der Waals surface area contributed by atoms with Crippen molar-refractivity contribution in [1.29, 1.82) is 0 Å². The van der Waals surface area contributed by atoms with Crippen LogP contribution in [0.3, 0.4) is 0 Å². The number of aromatic amines is 1. The molecule has 6 aromatic carbocycles. The van der Waals surface area contributed by atoms with Crippen molar-refractivity contribution in [2.75, 3.05) is 40.6 Å². The first-order valence-electron chi connectivity index (χ1n) is 20.4. The van der Waals surface area contributed by atoms with Gasteiger partial charge in [0.1, 0.15) is 46.8 Å². The molecule has 2 heterocycles. The van der Waals surface area contributed by atoms with Crippen molar-refractivity contribution in [2.45, 2.75) is 28.1 Å². The highest BCUT2D eigenvalue weighted by Crippen LogP contribution is 2.51. The number of H-pyrrole nitrogens is 1. The number of hydrogen-bond acceptors (Lipinski definition) is 13. The summed E-state index contributed by atoms with van der Waals surface area (Å²) in [7, 11) is -7.30. The maximum absolute atomic E-state index is 15.8. The number of hydrogen-bond donors (Lipinski definition) is 2. The first kappa shape index (κ1) is 49.2. The van der Waals surface area contributed by atoms with Crippen molar-refractivity contribution in [3.05, 3.63) is 166 Å². The first-order valence-corrected chi connectivity index (χ1v) is 24.2. The molecule has 0 saturated carbocycles. The van der Waals surface area contributed by atoms with Gasteiger partial charge in [0.15, 0.2) is 29.0 Å². The zero-order valence-corrected chi connectivity index (χ0v) is 39.6. The lowest BCUT2D eigenvalue weighted by Gasteiger charge is -2.35. The molecule has 0 bridgehead atoms. The van der Waals surface area contributed by atoms with Gasteiger partial charge in [0.25, 0.3) is 5.44 Å². The highest BCUT2D eigenvalue weighted by molar-refractivity contribution is 9.10. The summed E-state index contributed by atoms with van der Waals surface area (Å²) in [5.41, 5.74) is 1.14. The summed E-state index contributed by atoms with van der Waals surface area (Å²) in [6.45, 7) is -0.813. The molecule has 8 rings (SSSR count). The number of aryl methyl sites for hydroxylation is 1. The predicted octanol–water partition coefficient (Wildman–Crippen LogP) is 8.97. The van der Waals surface area contributed by atoms with E-state index < -0.39 is 107 Å². The van der Waals surface area contributed by atoms with Gasteiger partial charge in [-0.2, -0.15) is 13.5 Å². The fourth-order valence-electron chi connectivity index (χ4n) is 7.35. The topological polar surface area (TPSA) is 174 Å². The number of quaternary nitrogens is 1. The van der Waals surface area contributed by atoms with Gasteiger partial charge in [-0.1, -0.05) is 23.8 Å². The van der Waals surface area contributed by atoms with E-state index in [-0.39, 0.29) is 31.9 Å². The highest BCUT2D eigenvalue weighted by Gasteiger charge is 2.67. The summed E-state index contributed by atoms with van der Waals surface area (Å²) in [5.74, 6) is -9.54. The molecule has 3 atom stereocenters. The van der Waals surface area contributed by atoms with Crippen LogP contribution < -0.4 is 28.5 Å². The SMILES string of the molecule is COc1ccc(S(=O)(=O)C(O[N+]2(S(=O)(=O)c3ccc(C)cc3)NC(OCCOc3c(F)cc(F)cc3F)(OCCOc3c(F)cc(F)cc3Br)c3cc(OC)ccc32)c2ccc3[nH]ncc3c2)cc1. The number of benzene rings is 6. The molecule has 0 spiro atoms. The maximum Gasteiger partial charge on any atom is 0.381 e. The van der Waals surface area contributed by atoms with E-state index in [1.807, 2.05) is 0 Å². The molecule has 1 aromatic heterocycles. The van der Waals surface area contributed by atoms with Crippen molar-refractivity contribution < 1.29 is 72.0 Å². The van der Waals surface area contributed by atoms with Crippen LogP contribution in [0, 0.1) is 36.0 Å². The molecule has 3 unspecified atom stereocenters. The predicted molar refractivity (Wildman–Crippen MR) is 241 cm³/mol. The van der Waals surface area contributed by atoms with Crippen molar-refractivity contribution >= 4 is 52.4 Å². The molecule has 362 valence electrons. The molecule has 15 nitrogen and oxygen atoms in total. The zero-order valence-electron chi connectivity index (χ0n) is 36.3. The largest absolute Gasteiger partial charge is 0.497 e. The van der Waals surface area contributed by atoms with Gasteiger partial charge in [0.05, 0.1) is 48.5 Å². The number of rotatable bonds is 19. The van der Waals surface area contributed by atoms with Crippen LogP contribution in [0.1, 0.15) is 22.1 Å². The van der Waals surface area contributed by atoms with Crippen LogP contribution in [0.4, 0.5) is 27.6 Å². The van der Waals surface area contributed by atoms with E-state index in [0.717, 1.165) is 6.07 Å². The number of nitrogens with one attached hydrogen (secondary N) is 2. The molecule has 7 aromatic rings. The van der Waals surface area contributed by atoms with Crippen LogP contribution in [0.5, 0.6) is 23.0 Å². The lowest BCUT2D eigenvalue weighted by atomic mass is 10.1. The molecule has 0 amide bonds. The van der Waals surface area contributed by atoms with E-state index in [4.69, 9.17) is 33.3 Å². The third-order valence-electron chi connectivity index (χ3n) is 10.7. The molecule has 69 heavy (non-hydrogen) atoms. The third kappa shape index (κ3) is 9.60. The Balaban J connectivity index is 1.31. The molecule has 1 aliphatic rings. The van der Waals surface area contributed by atoms with Gasteiger partial charge in [-0.15, -0.1) is 4.84 Å². The number of aromatic nitrogens is 2. The Morgan fingerprint density at radius 2 is 1.26 bits per heavy atom. The average molecular weight is 1060 g/mol. The second-order valence-corrected chi connectivity index (χ2v) is 19.9. The lowest BCUT2D eigenvalue weighted by Crippen LogP contribution is -2.66. The summed E-state index contributed by atoms with van der Waals surface area (Å²) >= 11 is 3.06. The molecule has 0 radical (unpaired) electrons. The van der Waals surface area contributed by atoms with E-state index in [1.165, 1.54) is 105 Å². The normalized spacial score (nSPS) is 17.4. The average Bonchev–Trinajstić information content (AvgIpc) is 3.90. The molecule has 0 aliphatic carbocycles. The second-order valence-electron chi connectivity index (χ2n) is 15.1. The molecule has 2 N–H and O–H groups in total. The van der Waals surface area contributed by atoms with Crippen molar-refractivity contribution in [3.63, 3.8) is 0 Å². The summed E-state index contributed by atoms with van der Waals surface area (Å²) in [6, 6.07) is 21.5. The lowest BCUT2D eigenvalue weighted by molar-refractivity contribution is -0.303. The molecule has 0 saturated heterocycles. The molecule has 23 heteroatoms. The molecule has 0 fully saturated rings. The van der Waals surface area contributed by atoms with Crippen molar-refractivity contribution in [2.24, 2.45) is 0 Å². The van der Waals surface area contributed by atoms with Crippen LogP contribution in [0.25, 0.3) is 10.9 Å². The Hall–Kier alpha value is -6.18. The Kier molecular flexibility index (Phi) is 14.0. The van der Waals surface area contributed by atoms with E-state index >= 15 is 16.8 Å². The summed E-state index contributed by atoms with van der Waals surface area (Å²) < 4.78 is 166. The summed E-state index contributed by atoms with van der Waals surface area (Å²) in [6.07, 6.45) is 1.43. The van der Waals surface area contributed by atoms with E-state index in [9.17, 15) is 22.0 Å². The van der Waals surface area contributed by atoms with Gasteiger partial charge in [-0.05, 0) is 95.0 Å². The van der Waals surface area contributed by atoms with Gasteiger partial charge in [-0.3, -0.25) is 5.10 Å². The van der Waals surface area contributed by atoms with Crippen LogP contribution >= 0.6 is 15.9 Å². The number of ether oxygens (including phenoxy) is 6. The van der Waals surface area contributed by atoms with Crippen LogP contribution in [-0.2, 0) is 40.1 Å². The number of sulfone groups is 1. The quantitative estimate of drug-likeness (QED) is 0.0341. The minimum absolute atomic E-state index is 0.0652. The number of halogens is 6. The van der Waals surface area contributed by atoms with Gasteiger partial charge in [0.2, 0.25) is 15.5 Å². The number of fused-ring (bicyclic) bond motifs is 2. The van der Waals surface area contributed by atoms with Gasteiger partial charge >= 0.3 is 15.9 Å². The summed E-state index contributed by atoms with van der Waals surface area (Å²) in [4.78, 5) is 6.02. The van der Waals surface area contributed by atoms with E-state index in [0.29, 0.717) is 40.4 Å². The number of nitrogens with zero attached hydrogens (tertiary/aromatic N) is 2. The third-order valence-corrected chi connectivity index (χ3v) is 15.0. The molecular formula is C46H39BrF5N4O11S2+. The Labute approximate surface area is 399 Å². The Morgan fingerprint density at radius 3 is 1.88 bits per heavy atom. The van der Waals surface area contributed by atoms with Gasteiger partial charge in [-0.25, -0.2) is 30.4 Å². The molecular weight excluding hydrogens is 1020 g/mol. The van der Waals surface area contributed by atoms with Gasteiger partial charge in [0, 0.05) is 39.4 Å². The second kappa shape index (κ2) is 19.7. The van der Waals surface area contributed by atoms with Crippen LogP contribution in [0.2, 0.25) is 0 Å². The minimum Gasteiger partial charge on any atom is -0.497 e. The maximum atomic E-state index is 15.8. The fraction of sp³-hybridized carbons (Fsp3) is 0.196. The highest BCUT2D eigenvalue weighted by atomic mass is 79.9. The van der Waals surface area contributed by atoms with Crippen LogP contribution in [0.15, 0.2) is 130 Å². The first-order chi connectivity index (χ1) is 32.9. The zero-order chi connectivity index (χ0) is 49.3. The fourth-order valence-corrected chi connectivity index (χ4v) is 11.1. The Bertz CT molecular complexity index is 3150. The van der Waals surface area contributed by atoms with E-state index in [2.05, 4.69) is 31.6 Å². The Morgan fingerprint density at radius 1 is 0.681 bits per heavy atom. The number of methoxy groups -OCH3 is 2. The van der Waals surface area contributed by atoms with Crippen molar-refractivity contribution in [3.8, 4) is 23.0 Å². The standard InChI is InChI=1S/C46H39BrF5N4O11S2/c1-27-4-10-35(11-5-27)69(59,60)56(67-45(28-6-14-41-29(20-28)26-53-54-41)68(57,58)34-12-7-32(61-2)8-13-34)42-15-9-33(62-3)25-36(42)46(55-56,65-18-16-63-43-37(47)21-30(48)22-38(43)50)66-19-17-64-44-39(51)23-31(49)24-40(44)52/h4-15,20-26,45,55H,16-19H2,1-3H3,(H,53,54)/q+1. The minimum atomic E-state index is -5.17. The number of sulfonamides is 1. The monoisotopic (exact) mass is 1060 g/mol. The molecule has 1 aliphatic heterocycles. The smallest absolute Gasteiger partial charge is 0.381 e. The van der Waals surface area contributed by atoms with Gasteiger partial charge < -0.3 is 28.4 Å². The van der Waals surface area contributed by atoms with E-state index in [1.54, 1.807) is 6.92 Å². The van der Waals surface area contributed by atoms with Crippen molar-refractivity contribution in [1.82, 2.24) is 19.8 Å².